The predicted molar refractivity (Wildman–Crippen MR) is 134 cm³/mol. The van der Waals surface area contributed by atoms with Crippen molar-refractivity contribution in [3.8, 4) is 0 Å². The molecule has 7 nitrogen and oxygen atoms in total. The summed E-state index contributed by atoms with van der Waals surface area (Å²) < 4.78 is 9.92. The molecule has 0 aliphatic carbocycles. The van der Waals surface area contributed by atoms with Gasteiger partial charge in [-0.25, -0.2) is 4.68 Å². The SMILES string of the molecule is Cc1ccc(/C=C/c2nc(=S)n(CN(C)Cc3c(C)nn(Cc4ccccc4Cl)c3C)[nH]2)o1. The zero-order valence-corrected chi connectivity index (χ0v) is 20.7. The maximum atomic E-state index is 6.34. The second-order valence-electron chi connectivity index (χ2n) is 8.16. The van der Waals surface area contributed by atoms with E-state index in [1.807, 2.05) is 78.8 Å². The fourth-order valence-electron chi connectivity index (χ4n) is 3.72. The van der Waals surface area contributed by atoms with Crippen LogP contribution in [0.5, 0.6) is 0 Å². The van der Waals surface area contributed by atoms with Crippen LogP contribution in [0, 0.1) is 25.5 Å². The molecule has 0 saturated carbocycles. The van der Waals surface area contributed by atoms with Crippen LogP contribution in [0.4, 0.5) is 0 Å². The average molecular weight is 483 g/mol. The first-order chi connectivity index (χ1) is 15.8. The quantitative estimate of drug-likeness (QED) is 0.330. The highest BCUT2D eigenvalue weighted by Gasteiger charge is 2.15. The standard InChI is InChI=1S/C24H27ClN6OS/c1-16-9-10-20(32-16)11-12-23-26-24(33)31(28-23)15-29(4)14-21-17(2)27-30(18(21)3)13-19-7-5-6-8-22(19)25/h5-12H,13-15H2,1-4H3,(H,26,28,33)/b12-11+. The molecule has 33 heavy (non-hydrogen) atoms. The summed E-state index contributed by atoms with van der Waals surface area (Å²) in [7, 11) is 2.05. The number of hydrogen-bond donors (Lipinski definition) is 1. The molecule has 0 aliphatic heterocycles. The molecular formula is C24H27ClN6OS. The predicted octanol–water partition coefficient (Wildman–Crippen LogP) is 5.62. The monoisotopic (exact) mass is 482 g/mol. The van der Waals surface area contributed by atoms with Crippen LogP contribution in [-0.2, 0) is 19.8 Å². The topological polar surface area (TPSA) is 67.8 Å². The van der Waals surface area contributed by atoms with Gasteiger partial charge in [-0.2, -0.15) is 10.1 Å². The molecular weight excluding hydrogens is 456 g/mol. The van der Waals surface area contributed by atoms with Gasteiger partial charge in [-0.05, 0) is 76.0 Å². The molecule has 0 aliphatic rings. The lowest BCUT2D eigenvalue weighted by Crippen LogP contribution is -2.23. The average Bonchev–Trinajstić information content (AvgIpc) is 3.42. The largest absolute Gasteiger partial charge is 0.462 e. The number of furan rings is 1. The van der Waals surface area contributed by atoms with Crippen molar-refractivity contribution in [1.82, 2.24) is 29.4 Å². The first-order valence-corrected chi connectivity index (χ1v) is 11.4. The maximum absolute atomic E-state index is 6.34. The third-order valence-corrected chi connectivity index (χ3v) is 6.16. The van der Waals surface area contributed by atoms with Crippen molar-refractivity contribution < 1.29 is 4.42 Å². The van der Waals surface area contributed by atoms with Crippen LogP contribution in [0.15, 0.2) is 40.8 Å². The van der Waals surface area contributed by atoms with Gasteiger partial charge in [-0.1, -0.05) is 29.8 Å². The van der Waals surface area contributed by atoms with E-state index in [1.165, 1.54) is 5.56 Å². The van der Waals surface area contributed by atoms with Gasteiger partial charge in [-0.3, -0.25) is 14.7 Å². The maximum Gasteiger partial charge on any atom is 0.217 e. The summed E-state index contributed by atoms with van der Waals surface area (Å²) in [4.78, 5) is 6.60. The van der Waals surface area contributed by atoms with Crippen molar-refractivity contribution in [3.63, 3.8) is 0 Å². The van der Waals surface area contributed by atoms with Crippen LogP contribution >= 0.6 is 23.8 Å². The number of aromatic amines is 1. The van der Waals surface area contributed by atoms with Gasteiger partial charge in [0.05, 0.1) is 18.9 Å². The highest BCUT2D eigenvalue weighted by molar-refractivity contribution is 7.71. The third kappa shape index (κ3) is 5.52. The molecule has 0 spiro atoms. The van der Waals surface area contributed by atoms with Gasteiger partial charge in [0, 0.05) is 22.8 Å². The third-order valence-electron chi connectivity index (χ3n) is 5.48. The Bertz CT molecular complexity index is 1350. The molecule has 0 radical (unpaired) electrons. The molecule has 3 heterocycles. The summed E-state index contributed by atoms with van der Waals surface area (Å²) in [5, 5.41) is 8.75. The van der Waals surface area contributed by atoms with E-state index < -0.39 is 0 Å². The Kier molecular flexibility index (Phi) is 6.97. The molecule has 0 atom stereocenters. The number of aryl methyl sites for hydroxylation is 2. The van der Waals surface area contributed by atoms with Gasteiger partial charge in [-0.15, -0.1) is 0 Å². The van der Waals surface area contributed by atoms with Crippen molar-refractivity contribution in [2.75, 3.05) is 7.05 Å². The lowest BCUT2D eigenvalue weighted by Gasteiger charge is -2.17. The molecule has 4 rings (SSSR count). The Labute approximate surface area is 203 Å². The number of H-pyrrole nitrogens is 1. The van der Waals surface area contributed by atoms with E-state index >= 15 is 0 Å². The van der Waals surface area contributed by atoms with Crippen molar-refractivity contribution in [2.24, 2.45) is 0 Å². The molecule has 0 unspecified atom stereocenters. The van der Waals surface area contributed by atoms with E-state index in [9.17, 15) is 0 Å². The molecule has 9 heteroatoms. The van der Waals surface area contributed by atoms with E-state index in [-0.39, 0.29) is 0 Å². The van der Waals surface area contributed by atoms with Gasteiger partial charge in [0.1, 0.15) is 17.3 Å². The van der Waals surface area contributed by atoms with Gasteiger partial charge < -0.3 is 4.42 Å². The molecule has 0 bridgehead atoms. The Morgan fingerprint density at radius 1 is 1.15 bits per heavy atom. The lowest BCUT2D eigenvalue weighted by molar-refractivity contribution is 0.243. The van der Waals surface area contributed by atoms with Gasteiger partial charge in [0.2, 0.25) is 4.77 Å². The van der Waals surface area contributed by atoms with Crippen molar-refractivity contribution in [2.45, 2.75) is 40.5 Å². The van der Waals surface area contributed by atoms with E-state index in [0.29, 0.717) is 23.8 Å². The number of benzene rings is 1. The van der Waals surface area contributed by atoms with Gasteiger partial charge >= 0.3 is 0 Å². The highest BCUT2D eigenvalue weighted by atomic mass is 35.5. The number of nitrogens with one attached hydrogen (secondary N) is 1. The van der Waals surface area contributed by atoms with Crippen LogP contribution in [-0.4, -0.2) is 36.5 Å². The molecule has 1 aromatic carbocycles. The molecule has 0 fully saturated rings. The number of rotatable bonds is 8. The van der Waals surface area contributed by atoms with Crippen LogP contribution in [0.3, 0.4) is 0 Å². The lowest BCUT2D eigenvalue weighted by atomic mass is 10.2. The molecule has 1 N–H and O–H groups in total. The van der Waals surface area contributed by atoms with Crippen LogP contribution < -0.4 is 0 Å². The number of halogens is 1. The Balaban J connectivity index is 1.44. The summed E-state index contributed by atoms with van der Waals surface area (Å²) in [6.45, 7) is 8.01. The summed E-state index contributed by atoms with van der Waals surface area (Å²) in [6.07, 6.45) is 3.73. The summed E-state index contributed by atoms with van der Waals surface area (Å²) in [5.41, 5.74) is 4.39. The van der Waals surface area contributed by atoms with Crippen molar-refractivity contribution in [3.05, 3.63) is 86.1 Å². The zero-order valence-electron chi connectivity index (χ0n) is 19.2. The number of nitrogens with zero attached hydrogens (tertiary/aromatic N) is 5. The Morgan fingerprint density at radius 3 is 2.67 bits per heavy atom. The minimum atomic E-state index is 0.500. The fraction of sp³-hybridized carbons (Fsp3) is 0.292. The smallest absolute Gasteiger partial charge is 0.217 e. The molecule has 0 saturated heterocycles. The van der Waals surface area contributed by atoms with Gasteiger partial charge in [0.25, 0.3) is 0 Å². The van der Waals surface area contributed by atoms with E-state index in [4.69, 9.17) is 33.3 Å². The number of aromatic nitrogens is 5. The van der Waals surface area contributed by atoms with Gasteiger partial charge in [0.15, 0.2) is 0 Å². The second-order valence-corrected chi connectivity index (χ2v) is 8.93. The van der Waals surface area contributed by atoms with Crippen molar-refractivity contribution in [1.29, 1.82) is 0 Å². The number of hydrogen-bond acceptors (Lipinski definition) is 5. The second kappa shape index (κ2) is 9.91. The fourth-order valence-corrected chi connectivity index (χ4v) is 4.11. The normalized spacial score (nSPS) is 11.8. The van der Waals surface area contributed by atoms with E-state index in [0.717, 1.165) is 40.0 Å². The zero-order chi connectivity index (χ0) is 23.5. The summed E-state index contributed by atoms with van der Waals surface area (Å²) >= 11 is 11.8. The van der Waals surface area contributed by atoms with Crippen molar-refractivity contribution >= 4 is 36.0 Å². The minimum Gasteiger partial charge on any atom is -0.462 e. The minimum absolute atomic E-state index is 0.500. The summed E-state index contributed by atoms with van der Waals surface area (Å²) in [6, 6.07) is 11.7. The Hall–Kier alpha value is -2.94. The highest BCUT2D eigenvalue weighted by Crippen LogP contribution is 2.20. The first kappa shape index (κ1) is 23.2. The van der Waals surface area contributed by atoms with E-state index in [1.54, 1.807) is 0 Å². The van der Waals surface area contributed by atoms with Crippen LogP contribution in [0.1, 0.15) is 39.9 Å². The van der Waals surface area contributed by atoms with Crippen LogP contribution in [0.2, 0.25) is 5.02 Å². The van der Waals surface area contributed by atoms with E-state index in [2.05, 4.69) is 21.9 Å². The first-order valence-electron chi connectivity index (χ1n) is 10.7. The Morgan fingerprint density at radius 2 is 1.94 bits per heavy atom. The molecule has 0 amide bonds. The van der Waals surface area contributed by atoms with Crippen LogP contribution in [0.25, 0.3) is 12.2 Å². The summed E-state index contributed by atoms with van der Waals surface area (Å²) in [5.74, 6) is 2.33. The molecule has 3 aromatic heterocycles. The molecule has 172 valence electrons. The molecule has 4 aromatic rings.